The second-order valence-corrected chi connectivity index (χ2v) is 7.49. The highest BCUT2D eigenvalue weighted by Crippen LogP contribution is 2.17. The Morgan fingerprint density at radius 3 is 2.88 bits per heavy atom. The van der Waals surface area contributed by atoms with Crippen LogP contribution in [-0.2, 0) is 17.8 Å². The zero-order valence-electron chi connectivity index (χ0n) is 14.1. The molecule has 1 N–H and O–H groups in total. The van der Waals surface area contributed by atoms with Crippen LogP contribution in [0, 0.1) is 0 Å². The molecule has 0 bridgehead atoms. The third-order valence-electron chi connectivity index (χ3n) is 4.82. The maximum Gasteiger partial charge on any atom is 0.223 e. The lowest BCUT2D eigenvalue weighted by Gasteiger charge is -2.34. The van der Waals surface area contributed by atoms with Crippen LogP contribution in [0.3, 0.4) is 0 Å². The summed E-state index contributed by atoms with van der Waals surface area (Å²) in [5.41, 5.74) is 4.33. The van der Waals surface area contributed by atoms with E-state index in [1.807, 2.05) is 22.8 Å². The SMILES string of the molecule is O=C(CCc1cncs1)N1CCN(Cc2ccc3[nH]ccc3c2)CC1. The first-order valence-corrected chi connectivity index (χ1v) is 9.59. The van der Waals surface area contributed by atoms with Crippen LogP contribution in [0.15, 0.2) is 42.2 Å². The average molecular weight is 354 g/mol. The van der Waals surface area contributed by atoms with Crippen LogP contribution in [0.5, 0.6) is 0 Å². The third-order valence-corrected chi connectivity index (χ3v) is 5.66. The number of aryl methyl sites for hydroxylation is 1. The van der Waals surface area contributed by atoms with Crippen LogP contribution in [0.1, 0.15) is 16.9 Å². The molecule has 1 fully saturated rings. The maximum atomic E-state index is 12.4. The van der Waals surface area contributed by atoms with E-state index in [0.29, 0.717) is 6.42 Å². The summed E-state index contributed by atoms with van der Waals surface area (Å²) in [6, 6.07) is 8.69. The molecule has 0 radical (unpaired) electrons. The standard InChI is InChI=1S/C19H22N4OS/c24-19(4-2-17-12-20-14-25-17)23-9-7-22(8-10-23)13-15-1-3-18-16(11-15)5-6-21-18/h1,3,5-6,11-12,14,21H,2,4,7-10,13H2. The lowest BCUT2D eigenvalue weighted by Crippen LogP contribution is -2.48. The molecule has 1 amide bonds. The summed E-state index contributed by atoms with van der Waals surface area (Å²) in [7, 11) is 0. The number of thiazole rings is 1. The highest BCUT2D eigenvalue weighted by Gasteiger charge is 2.21. The van der Waals surface area contributed by atoms with Gasteiger partial charge in [0, 0.05) is 61.9 Å². The summed E-state index contributed by atoms with van der Waals surface area (Å²) in [5.74, 6) is 0.266. The van der Waals surface area contributed by atoms with Gasteiger partial charge in [-0.25, -0.2) is 0 Å². The lowest BCUT2D eigenvalue weighted by molar-refractivity contribution is -0.132. The number of hydrogen-bond acceptors (Lipinski definition) is 4. The van der Waals surface area contributed by atoms with Crippen LogP contribution >= 0.6 is 11.3 Å². The van der Waals surface area contributed by atoms with E-state index in [1.165, 1.54) is 21.3 Å². The van der Waals surface area contributed by atoms with Crippen molar-refractivity contribution in [3.8, 4) is 0 Å². The van der Waals surface area contributed by atoms with Gasteiger partial charge >= 0.3 is 0 Å². The molecule has 2 aromatic heterocycles. The van der Waals surface area contributed by atoms with E-state index in [4.69, 9.17) is 0 Å². The van der Waals surface area contributed by atoms with Gasteiger partial charge in [0.05, 0.1) is 5.51 Å². The van der Waals surface area contributed by atoms with Crippen molar-refractivity contribution in [3.05, 3.63) is 52.6 Å². The molecule has 1 saturated heterocycles. The largest absolute Gasteiger partial charge is 0.361 e. The van der Waals surface area contributed by atoms with Crippen molar-refractivity contribution in [2.45, 2.75) is 19.4 Å². The number of amides is 1. The molecule has 1 aromatic carbocycles. The van der Waals surface area contributed by atoms with Crippen LogP contribution in [-0.4, -0.2) is 51.9 Å². The fraction of sp³-hybridized carbons (Fsp3) is 0.368. The number of benzene rings is 1. The van der Waals surface area contributed by atoms with Gasteiger partial charge in [-0.3, -0.25) is 14.7 Å². The molecule has 0 aliphatic carbocycles. The Labute approximate surface area is 151 Å². The molecular weight excluding hydrogens is 332 g/mol. The van der Waals surface area contributed by atoms with Crippen LogP contribution < -0.4 is 0 Å². The topological polar surface area (TPSA) is 52.2 Å². The van der Waals surface area contributed by atoms with Crippen molar-refractivity contribution in [2.75, 3.05) is 26.2 Å². The average Bonchev–Trinajstić information content (AvgIpc) is 3.31. The van der Waals surface area contributed by atoms with Crippen LogP contribution in [0.2, 0.25) is 0 Å². The number of hydrogen-bond donors (Lipinski definition) is 1. The first-order chi connectivity index (χ1) is 12.3. The van der Waals surface area contributed by atoms with E-state index in [1.54, 1.807) is 11.3 Å². The maximum absolute atomic E-state index is 12.4. The molecule has 4 rings (SSSR count). The number of nitrogens with one attached hydrogen (secondary N) is 1. The normalized spacial score (nSPS) is 15.8. The molecule has 3 aromatic rings. The summed E-state index contributed by atoms with van der Waals surface area (Å²) < 4.78 is 0. The predicted molar refractivity (Wildman–Crippen MR) is 101 cm³/mol. The first kappa shape index (κ1) is 16.3. The van der Waals surface area contributed by atoms with Gasteiger partial charge in [-0.1, -0.05) is 6.07 Å². The van der Waals surface area contributed by atoms with Gasteiger partial charge in [-0.15, -0.1) is 11.3 Å². The smallest absolute Gasteiger partial charge is 0.223 e. The minimum atomic E-state index is 0.266. The Bertz CT molecular complexity index is 834. The van der Waals surface area contributed by atoms with Crippen molar-refractivity contribution in [1.29, 1.82) is 0 Å². The fourth-order valence-corrected chi connectivity index (χ4v) is 3.97. The van der Waals surface area contributed by atoms with Crippen LogP contribution in [0.25, 0.3) is 10.9 Å². The Balaban J connectivity index is 1.26. The number of fused-ring (bicyclic) bond motifs is 1. The number of piperazine rings is 1. The number of carbonyl (C=O) groups is 1. The Kier molecular flexibility index (Phi) is 4.81. The van der Waals surface area contributed by atoms with Crippen molar-refractivity contribution in [1.82, 2.24) is 19.8 Å². The molecule has 3 heterocycles. The Morgan fingerprint density at radius 1 is 1.20 bits per heavy atom. The summed E-state index contributed by atoms with van der Waals surface area (Å²) in [5, 5.41) is 1.26. The molecule has 0 saturated carbocycles. The van der Waals surface area contributed by atoms with E-state index in [0.717, 1.165) is 39.1 Å². The number of rotatable bonds is 5. The Hall–Kier alpha value is -2.18. The number of aromatic nitrogens is 2. The van der Waals surface area contributed by atoms with Crippen molar-refractivity contribution < 1.29 is 4.79 Å². The zero-order valence-corrected chi connectivity index (χ0v) is 15.0. The lowest BCUT2D eigenvalue weighted by atomic mass is 10.1. The van der Waals surface area contributed by atoms with E-state index >= 15 is 0 Å². The van der Waals surface area contributed by atoms with Crippen molar-refractivity contribution in [3.63, 3.8) is 0 Å². The quantitative estimate of drug-likeness (QED) is 0.766. The van der Waals surface area contributed by atoms with Gasteiger partial charge in [0.15, 0.2) is 0 Å². The number of nitrogens with zero attached hydrogens (tertiary/aromatic N) is 3. The molecule has 0 unspecified atom stereocenters. The minimum Gasteiger partial charge on any atom is -0.361 e. The van der Waals surface area contributed by atoms with Crippen molar-refractivity contribution >= 4 is 28.1 Å². The highest BCUT2D eigenvalue weighted by molar-refractivity contribution is 7.09. The number of H-pyrrole nitrogens is 1. The third kappa shape index (κ3) is 3.91. The molecule has 6 heteroatoms. The van der Waals surface area contributed by atoms with E-state index in [-0.39, 0.29) is 5.91 Å². The van der Waals surface area contributed by atoms with Gasteiger partial charge in [0.1, 0.15) is 0 Å². The summed E-state index contributed by atoms with van der Waals surface area (Å²) in [4.78, 5) is 25.3. The van der Waals surface area contributed by atoms with Gasteiger partial charge in [-0.2, -0.15) is 0 Å². The van der Waals surface area contributed by atoms with Gasteiger partial charge in [-0.05, 0) is 35.6 Å². The van der Waals surface area contributed by atoms with E-state index in [9.17, 15) is 4.79 Å². The van der Waals surface area contributed by atoms with Gasteiger partial charge in [0.2, 0.25) is 5.91 Å². The first-order valence-electron chi connectivity index (χ1n) is 8.71. The van der Waals surface area contributed by atoms with E-state index < -0.39 is 0 Å². The molecule has 1 aliphatic heterocycles. The predicted octanol–water partition coefficient (Wildman–Crippen LogP) is 2.90. The number of aromatic amines is 1. The van der Waals surface area contributed by atoms with E-state index in [2.05, 4.69) is 39.1 Å². The van der Waals surface area contributed by atoms with Crippen molar-refractivity contribution in [2.24, 2.45) is 0 Å². The van der Waals surface area contributed by atoms with Gasteiger partial charge < -0.3 is 9.88 Å². The molecule has 0 spiro atoms. The summed E-state index contributed by atoms with van der Waals surface area (Å²) in [6.07, 6.45) is 5.23. The fourth-order valence-electron chi connectivity index (χ4n) is 3.37. The van der Waals surface area contributed by atoms with Gasteiger partial charge in [0.25, 0.3) is 0 Å². The minimum absolute atomic E-state index is 0.266. The highest BCUT2D eigenvalue weighted by atomic mass is 32.1. The molecule has 130 valence electrons. The molecular formula is C19H22N4OS. The summed E-state index contributed by atoms with van der Waals surface area (Å²) >= 11 is 1.62. The second kappa shape index (κ2) is 7.37. The van der Waals surface area contributed by atoms with Crippen LogP contribution in [0.4, 0.5) is 0 Å². The molecule has 1 aliphatic rings. The molecule has 25 heavy (non-hydrogen) atoms. The summed E-state index contributed by atoms with van der Waals surface area (Å²) in [6.45, 7) is 4.49. The molecule has 5 nitrogen and oxygen atoms in total. The second-order valence-electron chi connectivity index (χ2n) is 6.52. The Morgan fingerprint density at radius 2 is 2.08 bits per heavy atom. The zero-order chi connectivity index (χ0) is 17.1. The number of carbonyl (C=O) groups excluding carboxylic acids is 1. The monoisotopic (exact) mass is 354 g/mol. The molecule has 0 atom stereocenters.